The zero-order valence-corrected chi connectivity index (χ0v) is 18.1. The van der Waals surface area contributed by atoms with Crippen molar-refractivity contribution in [1.82, 2.24) is 5.01 Å². The van der Waals surface area contributed by atoms with Gasteiger partial charge in [-0.1, -0.05) is 57.9 Å². The van der Waals surface area contributed by atoms with Gasteiger partial charge < -0.3 is 4.74 Å². The Morgan fingerprint density at radius 1 is 1.14 bits per heavy atom. The van der Waals surface area contributed by atoms with Crippen molar-refractivity contribution >= 4 is 45.3 Å². The molecule has 2 aromatic rings. The number of amides is 1. The van der Waals surface area contributed by atoms with E-state index in [9.17, 15) is 9.59 Å². The second-order valence-electron chi connectivity index (χ2n) is 6.49. The van der Waals surface area contributed by atoms with Gasteiger partial charge in [-0.15, -0.1) is 11.8 Å². The molecule has 1 atom stereocenters. The number of halogens is 1. The number of thioether (sulfide) groups is 1. The third-order valence-corrected chi connectivity index (χ3v) is 5.90. The second kappa shape index (κ2) is 9.39. The minimum atomic E-state index is -0.339. The number of benzene rings is 2. The summed E-state index contributed by atoms with van der Waals surface area (Å²) in [4.78, 5) is 24.1. The van der Waals surface area contributed by atoms with Crippen molar-refractivity contribution in [2.75, 3.05) is 18.6 Å². The first-order valence-electron chi connectivity index (χ1n) is 8.84. The monoisotopic (exact) mass is 460 g/mol. The largest absolute Gasteiger partial charge is 0.468 e. The van der Waals surface area contributed by atoms with Crippen molar-refractivity contribution in [2.45, 2.75) is 19.4 Å². The van der Waals surface area contributed by atoms with Gasteiger partial charge in [0, 0.05) is 10.9 Å². The number of methoxy groups -OCH3 is 1. The molecule has 1 aliphatic heterocycles. The van der Waals surface area contributed by atoms with Gasteiger partial charge in [0.25, 0.3) is 5.91 Å². The maximum absolute atomic E-state index is 12.8. The molecule has 28 heavy (non-hydrogen) atoms. The maximum Gasteiger partial charge on any atom is 0.315 e. The normalized spacial score (nSPS) is 16.0. The van der Waals surface area contributed by atoms with Crippen LogP contribution >= 0.6 is 27.7 Å². The average Bonchev–Trinajstić information content (AvgIpc) is 3.14. The molecule has 0 saturated heterocycles. The van der Waals surface area contributed by atoms with Crippen molar-refractivity contribution < 1.29 is 14.3 Å². The number of hydrogen-bond acceptors (Lipinski definition) is 5. The fourth-order valence-corrected chi connectivity index (χ4v) is 3.91. The Balaban J connectivity index is 1.81. The molecule has 0 spiro atoms. The molecule has 1 unspecified atom stereocenters. The molecule has 2 aromatic carbocycles. The number of esters is 1. The van der Waals surface area contributed by atoms with Crippen LogP contribution in [0, 0.1) is 6.92 Å². The Morgan fingerprint density at radius 3 is 2.46 bits per heavy atom. The molecule has 1 aliphatic rings. The molecule has 0 aromatic heterocycles. The highest BCUT2D eigenvalue weighted by molar-refractivity contribution is 9.10. The average molecular weight is 461 g/mol. The lowest BCUT2D eigenvalue weighted by Gasteiger charge is -2.22. The highest BCUT2D eigenvalue weighted by atomic mass is 79.9. The molecule has 5 nitrogen and oxygen atoms in total. The first-order chi connectivity index (χ1) is 13.5. The van der Waals surface area contributed by atoms with E-state index in [0.717, 1.165) is 21.3 Å². The van der Waals surface area contributed by atoms with Crippen LogP contribution in [0.15, 0.2) is 58.1 Å². The van der Waals surface area contributed by atoms with Crippen molar-refractivity contribution in [3.05, 3.63) is 69.7 Å². The minimum Gasteiger partial charge on any atom is -0.468 e. The molecule has 146 valence electrons. The molecule has 0 radical (unpaired) electrons. The quantitative estimate of drug-likeness (QED) is 0.601. The lowest BCUT2D eigenvalue weighted by atomic mass is 9.98. The van der Waals surface area contributed by atoms with E-state index in [1.165, 1.54) is 24.4 Å². The smallest absolute Gasteiger partial charge is 0.315 e. The van der Waals surface area contributed by atoms with E-state index in [4.69, 9.17) is 0 Å². The number of ether oxygens (including phenoxy) is 1. The van der Waals surface area contributed by atoms with E-state index < -0.39 is 0 Å². The molecule has 1 heterocycles. The molecule has 0 aliphatic carbocycles. The maximum atomic E-state index is 12.8. The van der Waals surface area contributed by atoms with Crippen LogP contribution in [0.25, 0.3) is 0 Å². The summed E-state index contributed by atoms with van der Waals surface area (Å²) in [5.41, 5.74) is 4.09. The first kappa shape index (κ1) is 20.6. The van der Waals surface area contributed by atoms with Gasteiger partial charge in [0.05, 0.1) is 30.4 Å². The fourth-order valence-electron chi connectivity index (χ4n) is 2.95. The van der Waals surface area contributed by atoms with Gasteiger partial charge in [-0.2, -0.15) is 5.10 Å². The molecular weight excluding hydrogens is 440 g/mol. The predicted octanol–water partition coefficient (Wildman–Crippen LogP) is 4.34. The highest BCUT2D eigenvalue weighted by Gasteiger charge is 2.32. The van der Waals surface area contributed by atoms with Gasteiger partial charge in [-0.05, 0) is 30.2 Å². The molecular formula is C21H21BrN2O3S. The minimum absolute atomic E-state index is 0.119. The van der Waals surface area contributed by atoms with E-state index in [1.54, 1.807) is 5.01 Å². The van der Waals surface area contributed by atoms with Gasteiger partial charge in [-0.25, -0.2) is 5.01 Å². The number of aryl methyl sites for hydroxylation is 1. The zero-order valence-electron chi connectivity index (χ0n) is 15.7. The number of carbonyl (C=O) groups is 2. The van der Waals surface area contributed by atoms with Crippen molar-refractivity contribution in [3.63, 3.8) is 0 Å². The van der Waals surface area contributed by atoms with E-state index in [0.29, 0.717) is 6.42 Å². The third-order valence-electron chi connectivity index (χ3n) is 4.48. The second-order valence-corrected chi connectivity index (χ2v) is 8.39. The summed E-state index contributed by atoms with van der Waals surface area (Å²) in [6, 6.07) is 16.0. The van der Waals surface area contributed by atoms with E-state index in [-0.39, 0.29) is 29.4 Å². The van der Waals surface area contributed by atoms with Gasteiger partial charge in [-0.3, -0.25) is 9.59 Å². The standard InChI is InChI=1S/C21H21BrN2O3S/c1-14-3-5-16(6-4-14)19-11-18(15-7-9-17(22)10-8-15)23-24(19)20(25)12-28-13-21(26)27-2/h3-10,19H,11-13H2,1-2H3. The summed E-state index contributed by atoms with van der Waals surface area (Å²) in [7, 11) is 1.34. The number of carbonyl (C=O) groups excluding carboxylic acids is 2. The van der Waals surface area contributed by atoms with Gasteiger partial charge in [0.2, 0.25) is 0 Å². The Labute approximate surface area is 177 Å². The van der Waals surface area contributed by atoms with Crippen LogP contribution in [0.3, 0.4) is 0 Å². The Kier molecular flexibility index (Phi) is 6.91. The van der Waals surface area contributed by atoms with Crippen LogP contribution in [0.5, 0.6) is 0 Å². The van der Waals surface area contributed by atoms with Crippen molar-refractivity contribution in [3.8, 4) is 0 Å². The van der Waals surface area contributed by atoms with Gasteiger partial charge in [0.1, 0.15) is 0 Å². The SMILES string of the molecule is COC(=O)CSCC(=O)N1N=C(c2ccc(Br)cc2)CC1c1ccc(C)cc1. The molecule has 0 bridgehead atoms. The van der Waals surface area contributed by atoms with Crippen LogP contribution in [-0.4, -0.2) is 41.2 Å². The summed E-state index contributed by atoms with van der Waals surface area (Å²) < 4.78 is 5.62. The molecule has 3 rings (SSSR count). The van der Waals surface area contributed by atoms with Gasteiger partial charge >= 0.3 is 5.97 Å². The summed E-state index contributed by atoms with van der Waals surface area (Å²) in [6.45, 7) is 2.04. The summed E-state index contributed by atoms with van der Waals surface area (Å²) in [5, 5.41) is 6.20. The summed E-state index contributed by atoms with van der Waals surface area (Å²) >= 11 is 4.68. The summed E-state index contributed by atoms with van der Waals surface area (Å²) in [5.74, 6) is -0.136. The Bertz CT molecular complexity index is 882. The fraction of sp³-hybridized carbons (Fsp3) is 0.286. The number of nitrogens with zero attached hydrogens (tertiary/aromatic N) is 2. The predicted molar refractivity (Wildman–Crippen MR) is 115 cm³/mol. The lowest BCUT2D eigenvalue weighted by Crippen LogP contribution is -2.29. The number of hydrogen-bond donors (Lipinski definition) is 0. The highest BCUT2D eigenvalue weighted by Crippen LogP contribution is 2.33. The van der Waals surface area contributed by atoms with Crippen LogP contribution in [0.1, 0.15) is 29.2 Å². The van der Waals surface area contributed by atoms with E-state index in [2.05, 4.69) is 25.8 Å². The molecule has 0 fully saturated rings. The van der Waals surface area contributed by atoms with Crippen LogP contribution in [-0.2, 0) is 14.3 Å². The van der Waals surface area contributed by atoms with E-state index in [1.807, 2.05) is 55.5 Å². The van der Waals surface area contributed by atoms with E-state index >= 15 is 0 Å². The summed E-state index contributed by atoms with van der Waals surface area (Å²) in [6.07, 6.45) is 0.651. The van der Waals surface area contributed by atoms with Crippen LogP contribution in [0.4, 0.5) is 0 Å². The lowest BCUT2D eigenvalue weighted by molar-refractivity contribution is -0.137. The molecule has 1 amide bonds. The topological polar surface area (TPSA) is 59.0 Å². The first-order valence-corrected chi connectivity index (χ1v) is 10.8. The van der Waals surface area contributed by atoms with Crippen molar-refractivity contribution in [1.29, 1.82) is 0 Å². The number of hydrazone groups is 1. The van der Waals surface area contributed by atoms with Crippen molar-refractivity contribution in [2.24, 2.45) is 5.10 Å². The molecule has 7 heteroatoms. The Morgan fingerprint density at radius 2 is 1.82 bits per heavy atom. The third kappa shape index (κ3) is 5.02. The molecule has 0 saturated carbocycles. The van der Waals surface area contributed by atoms with Gasteiger partial charge in [0.15, 0.2) is 0 Å². The number of rotatable bonds is 6. The van der Waals surface area contributed by atoms with Crippen LogP contribution < -0.4 is 0 Å². The Hall–Kier alpha value is -2.12. The zero-order chi connectivity index (χ0) is 20.1. The van der Waals surface area contributed by atoms with Crippen LogP contribution in [0.2, 0.25) is 0 Å². The molecule has 0 N–H and O–H groups in total.